The highest BCUT2D eigenvalue weighted by molar-refractivity contribution is 5.92. The Morgan fingerprint density at radius 2 is 1.78 bits per heavy atom. The van der Waals surface area contributed by atoms with E-state index in [-0.39, 0.29) is 18.5 Å². The number of hydrogen-bond donors (Lipinski definition) is 1. The molecule has 0 fully saturated rings. The monoisotopic (exact) mass is 315 g/mol. The minimum absolute atomic E-state index is 0.305. The number of aryl methyl sites for hydroxylation is 1. The Labute approximate surface area is 134 Å². The van der Waals surface area contributed by atoms with Crippen molar-refractivity contribution in [2.24, 2.45) is 0 Å². The molecule has 0 aliphatic rings. The largest absolute Gasteiger partial charge is 0.452 e. The van der Waals surface area contributed by atoms with E-state index in [2.05, 4.69) is 5.32 Å². The number of esters is 1. The molecule has 0 saturated heterocycles. The topological polar surface area (TPSA) is 55.4 Å². The van der Waals surface area contributed by atoms with E-state index in [1.54, 1.807) is 44.2 Å². The fraction of sp³-hybridized carbons (Fsp3) is 0.222. The number of carbonyl (C=O) groups is 2. The predicted molar refractivity (Wildman–Crippen MR) is 84.4 cm³/mol. The highest BCUT2D eigenvalue weighted by Gasteiger charge is 2.14. The first-order chi connectivity index (χ1) is 11.0. The molecule has 0 aliphatic carbocycles. The van der Waals surface area contributed by atoms with Gasteiger partial charge in [0, 0.05) is 0 Å². The SMILES string of the molecule is Cc1ccccc1C(=O)OCC(=O)N[C@@H](C)c1ccc(F)cc1. The van der Waals surface area contributed by atoms with E-state index in [1.807, 2.05) is 6.07 Å². The van der Waals surface area contributed by atoms with Gasteiger partial charge in [-0.15, -0.1) is 0 Å². The number of carbonyl (C=O) groups excluding carboxylic acids is 2. The molecule has 0 saturated carbocycles. The normalized spacial score (nSPS) is 11.6. The van der Waals surface area contributed by atoms with Gasteiger partial charge in [0.2, 0.25) is 0 Å². The molecule has 0 spiro atoms. The number of amides is 1. The lowest BCUT2D eigenvalue weighted by Crippen LogP contribution is -2.31. The van der Waals surface area contributed by atoms with Crippen molar-refractivity contribution in [2.75, 3.05) is 6.61 Å². The van der Waals surface area contributed by atoms with Crippen LogP contribution in [0.2, 0.25) is 0 Å². The van der Waals surface area contributed by atoms with Crippen LogP contribution >= 0.6 is 0 Å². The molecule has 120 valence electrons. The average molecular weight is 315 g/mol. The van der Waals surface area contributed by atoms with Gasteiger partial charge in [-0.2, -0.15) is 0 Å². The zero-order chi connectivity index (χ0) is 16.8. The summed E-state index contributed by atoms with van der Waals surface area (Å²) < 4.78 is 17.9. The Morgan fingerprint density at radius 1 is 1.13 bits per heavy atom. The van der Waals surface area contributed by atoms with Crippen LogP contribution in [0.1, 0.15) is 34.5 Å². The van der Waals surface area contributed by atoms with Gasteiger partial charge in [0.05, 0.1) is 11.6 Å². The predicted octanol–water partition coefficient (Wildman–Crippen LogP) is 3.17. The van der Waals surface area contributed by atoms with Crippen molar-refractivity contribution in [3.05, 3.63) is 71.0 Å². The summed E-state index contributed by atoms with van der Waals surface area (Å²) in [6.07, 6.45) is 0. The zero-order valence-electron chi connectivity index (χ0n) is 13.0. The molecule has 1 atom stereocenters. The van der Waals surface area contributed by atoms with E-state index in [9.17, 15) is 14.0 Å². The number of ether oxygens (including phenoxy) is 1. The van der Waals surface area contributed by atoms with E-state index in [0.717, 1.165) is 11.1 Å². The molecule has 0 radical (unpaired) electrons. The number of nitrogens with one attached hydrogen (secondary N) is 1. The minimum atomic E-state index is -0.535. The molecule has 1 amide bonds. The molecule has 2 aromatic rings. The third kappa shape index (κ3) is 4.64. The van der Waals surface area contributed by atoms with E-state index >= 15 is 0 Å². The van der Waals surface area contributed by atoms with Crippen LogP contribution in [-0.4, -0.2) is 18.5 Å². The first-order valence-corrected chi connectivity index (χ1v) is 7.25. The molecule has 5 heteroatoms. The van der Waals surface area contributed by atoms with Gasteiger partial charge in [-0.1, -0.05) is 30.3 Å². The van der Waals surface area contributed by atoms with Gasteiger partial charge < -0.3 is 10.1 Å². The Bertz CT molecular complexity index is 698. The first kappa shape index (κ1) is 16.7. The van der Waals surface area contributed by atoms with Crippen LogP contribution in [0.3, 0.4) is 0 Å². The van der Waals surface area contributed by atoms with Crippen molar-refractivity contribution < 1.29 is 18.7 Å². The van der Waals surface area contributed by atoms with Crippen LogP contribution in [0.4, 0.5) is 4.39 Å². The maximum atomic E-state index is 12.9. The van der Waals surface area contributed by atoms with Gasteiger partial charge in [0.1, 0.15) is 5.82 Å². The van der Waals surface area contributed by atoms with Gasteiger partial charge >= 0.3 is 5.97 Å². The number of hydrogen-bond acceptors (Lipinski definition) is 3. The lowest BCUT2D eigenvalue weighted by atomic mass is 10.1. The van der Waals surface area contributed by atoms with Gasteiger partial charge in [-0.05, 0) is 43.2 Å². The van der Waals surface area contributed by atoms with Crippen LogP contribution in [-0.2, 0) is 9.53 Å². The van der Waals surface area contributed by atoms with Crippen molar-refractivity contribution >= 4 is 11.9 Å². The van der Waals surface area contributed by atoms with Gasteiger partial charge in [0.15, 0.2) is 6.61 Å². The molecule has 0 unspecified atom stereocenters. The van der Waals surface area contributed by atoms with E-state index in [0.29, 0.717) is 5.56 Å². The van der Waals surface area contributed by atoms with Gasteiger partial charge in [-0.25, -0.2) is 9.18 Å². The lowest BCUT2D eigenvalue weighted by molar-refractivity contribution is -0.124. The molecule has 2 aromatic carbocycles. The standard InChI is InChI=1S/C18H18FNO3/c1-12-5-3-4-6-16(12)18(22)23-11-17(21)20-13(2)14-7-9-15(19)10-8-14/h3-10,13H,11H2,1-2H3,(H,20,21)/t13-/m0/s1. The Hall–Kier alpha value is -2.69. The summed E-state index contributed by atoms with van der Waals surface area (Å²) in [5.41, 5.74) is 1.99. The molecular formula is C18H18FNO3. The van der Waals surface area contributed by atoms with Gasteiger partial charge in [0.25, 0.3) is 5.91 Å². The highest BCUT2D eigenvalue weighted by atomic mass is 19.1. The zero-order valence-corrected chi connectivity index (χ0v) is 13.0. The molecule has 0 aromatic heterocycles. The second-order valence-corrected chi connectivity index (χ2v) is 5.23. The van der Waals surface area contributed by atoms with E-state index in [1.165, 1.54) is 12.1 Å². The Balaban J connectivity index is 1.86. The van der Waals surface area contributed by atoms with Crippen LogP contribution in [0, 0.1) is 12.7 Å². The highest BCUT2D eigenvalue weighted by Crippen LogP contribution is 2.13. The summed E-state index contributed by atoms with van der Waals surface area (Å²) in [6, 6.07) is 12.6. The summed E-state index contributed by atoms with van der Waals surface area (Å²) in [6.45, 7) is 3.21. The summed E-state index contributed by atoms with van der Waals surface area (Å²) in [5.74, 6) is -1.28. The van der Waals surface area contributed by atoms with Gasteiger partial charge in [-0.3, -0.25) is 4.79 Å². The third-order valence-electron chi connectivity index (χ3n) is 3.45. The van der Waals surface area contributed by atoms with Crippen LogP contribution in [0.5, 0.6) is 0 Å². The molecule has 4 nitrogen and oxygen atoms in total. The van der Waals surface area contributed by atoms with Crippen molar-refractivity contribution in [1.29, 1.82) is 0 Å². The van der Waals surface area contributed by atoms with Crippen molar-refractivity contribution in [3.63, 3.8) is 0 Å². The minimum Gasteiger partial charge on any atom is -0.452 e. The molecule has 2 rings (SSSR count). The number of halogens is 1. The molecule has 0 heterocycles. The maximum Gasteiger partial charge on any atom is 0.338 e. The molecule has 1 N–H and O–H groups in total. The summed E-state index contributed by atoms with van der Waals surface area (Å²) in [5, 5.41) is 2.70. The molecule has 0 aliphatic heterocycles. The third-order valence-corrected chi connectivity index (χ3v) is 3.45. The first-order valence-electron chi connectivity index (χ1n) is 7.25. The molecular weight excluding hydrogens is 297 g/mol. The molecule has 23 heavy (non-hydrogen) atoms. The Morgan fingerprint density at radius 3 is 2.43 bits per heavy atom. The van der Waals surface area contributed by atoms with Crippen molar-refractivity contribution in [2.45, 2.75) is 19.9 Å². The smallest absolute Gasteiger partial charge is 0.338 e. The number of rotatable bonds is 5. The number of benzene rings is 2. The molecule has 0 bridgehead atoms. The maximum absolute atomic E-state index is 12.9. The second-order valence-electron chi connectivity index (χ2n) is 5.23. The Kier molecular flexibility index (Phi) is 5.46. The second kappa shape index (κ2) is 7.54. The fourth-order valence-electron chi connectivity index (χ4n) is 2.13. The van der Waals surface area contributed by atoms with Crippen molar-refractivity contribution in [1.82, 2.24) is 5.32 Å². The lowest BCUT2D eigenvalue weighted by Gasteiger charge is -2.14. The quantitative estimate of drug-likeness (QED) is 0.862. The summed E-state index contributed by atoms with van der Waals surface area (Å²) in [7, 11) is 0. The van der Waals surface area contributed by atoms with Crippen LogP contribution in [0.25, 0.3) is 0 Å². The van der Waals surface area contributed by atoms with Crippen LogP contribution in [0.15, 0.2) is 48.5 Å². The summed E-state index contributed by atoms with van der Waals surface area (Å²) in [4.78, 5) is 23.8. The van der Waals surface area contributed by atoms with Crippen LogP contribution < -0.4 is 5.32 Å². The van der Waals surface area contributed by atoms with E-state index < -0.39 is 11.9 Å². The fourth-order valence-corrected chi connectivity index (χ4v) is 2.13. The van der Waals surface area contributed by atoms with E-state index in [4.69, 9.17) is 4.74 Å². The summed E-state index contributed by atoms with van der Waals surface area (Å²) >= 11 is 0. The van der Waals surface area contributed by atoms with Crippen molar-refractivity contribution in [3.8, 4) is 0 Å². The average Bonchev–Trinajstić information content (AvgIpc) is 2.53.